The number of carbonyl (C=O) groups is 2. The van der Waals surface area contributed by atoms with E-state index in [0.29, 0.717) is 0 Å². The average molecular weight is 292 g/mol. The van der Waals surface area contributed by atoms with E-state index in [1.165, 1.54) is 25.4 Å². The van der Waals surface area contributed by atoms with Crippen molar-refractivity contribution in [3.8, 4) is 5.88 Å². The number of amides is 1. The minimum Gasteiger partial charge on any atom is -0.480 e. The average Bonchev–Trinajstić information content (AvgIpc) is 2.36. The number of carbonyl (C=O) groups excluding carboxylic acids is 1. The van der Waals surface area contributed by atoms with E-state index in [-0.39, 0.29) is 11.4 Å². The summed E-state index contributed by atoms with van der Waals surface area (Å²) in [5.41, 5.74) is -0.150. The highest BCUT2D eigenvalue weighted by molar-refractivity contribution is 5.98. The summed E-state index contributed by atoms with van der Waals surface area (Å²) in [7, 11) is 1.23. The van der Waals surface area contributed by atoms with Gasteiger partial charge in [0, 0.05) is 6.20 Å². The fraction of sp³-hybridized carbons (Fsp3) is 0.364. The summed E-state index contributed by atoms with van der Waals surface area (Å²) < 4.78 is 41.4. The molecule has 0 aromatic carbocycles. The number of nitrogens with zero attached hydrogens (tertiary/aromatic N) is 1. The largest absolute Gasteiger partial charge is 0.480 e. The number of aromatic nitrogens is 1. The molecule has 9 heteroatoms. The number of ether oxygens (including phenoxy) is 1. The molecular formula is C11H11F3N2O4. The lowest BCUT2D eigenvalue weighted by Crippen LogP contribution is -2.43. The molecule has 1 aromatic rings. The van der Waals surface area contributed by atoms with Crippen LogP contribution in [0.3, 0.4) is 0 Å². The molecule has 6 nitrogen and oxygen atoms in total. The molecule has 1 rings (SSSR count). The van der Waals surface area contributed by atoms with Crippen LogP contribution in [-0.4, -0.2) is 41.3 Å². The maximum atomic E-state index is 12.2. The number of rotatable bonds is 5. The van der Waals surface area contributed by atoms with Crippen LogP contribution >= 0.6 is 0 Å². The van der Waals surface area contributed by atoms with Crippen LogP contribution < -0.4 is 10.1 Å². The van der Waals surface area contributed by atoms with E-state index in [1.807, 2.05) is 0 Å². The minimum absolute atomic E-state index is 0.110. The molecule has 20 heavy (non-hydrogen) atoms. The van der Waals surface area contributed by atoms with Crippen LogP contribution in [0, 0.1) is 0 Å². The van der Waals surface area contributed by atoms with Crippen LogP contribution in [0.25, 0.3) is 0 Å². The van der Waals surface area contributed by atoms with Crippen LogP contribution in [-0.2, 0) is 4.79 Å². The predicted molar refractivity (Wildman–Crippen MR) is 60.4 cm³/mol. The van der Waals surface area contributed by atoms with E-state index in [2.05, 4.69) is 4.98 Å². The topological polar surface area (TPSA) is 88.5 Å². The lowest BCUT2D eigenvalue weighted by molar-refractivity contribution is -0.157. The fourth-order valence-electron chi connectivity index (χ4n) is 1.39. The van der Waals surface area contributed by atoms with Gasteiger partial charge < -0.3 is 15.2 Å². The van der Waals surface area contributed by atoms with Crippen LogP contribution in [0.15, 0.2) is 18.3 Å². The number of methoxy groups -OCH3 is 1. The smallest absolute Gasteiger partial charge is 0.391 e. The van der Waals surface area contributed by atoms with Crippen molar-refractivity contribution in [2.45, 2.75) is 18.6 Å². The first kappa shape index (κ1) is 15.7. The zero-order valence-corrected chi connectivity index (χ0v) is 10.3. The summed E-state index contributed by atoms with van der Waals surface area (Å²) in [6.45, 7) is 0. The second kappa shape index (κ2) is 6.22. The van der Waals surface area contributed by atoms with Crippen LogP contribution in [0.4, 0.5) is 13.2 Å². The SMILES string of the molecule is COc1ncccc1C(=O)NC(CC(F)(F)F)C(=O)O. The Labute approximate surface area is 111 Å². The van der Waals surface area contributed by atoms with E-state index in [1.54, 1.807) is 5.32 Å². The van der Waals surface area contributed by atoms with Gasteiger partial charge in [0.05, 0.1) is 13.5 Å². The molecule has 2 N–H and O–H groups in total. The molecule has 0 spiro atoms. The number of carboxylic acids is 1. The van der Waals surface area contributed by atoms with Gasteiger partial charge in [0.15, 0.2) is 0 Å². The summed E-state index contributed by atoms with van der Waals surface area (Å²) in [5.74, 6) is -2.90. The number of pyridine rings is 1. The van der Waals surface area contributed by atoms with Gasteiger partial charge in [-0.2, -0.15) is 13.2 Å². The summed E-state index contributed by atoms with van der Waals surface area (Å²) >= 11 is 0. The van der Waals surface area contributed by atoms with Gasteiger partial charge in [0.1, 0.15) is 11.6 Å². The fourth-order valence-corrected chi connectivity index (χ4v) is 1.39. The van der Waals surface area contributed by atoms with Crippen molar-refractivity contribution in [2.75, 3.05) is 7.11 Å². The lowest BCUT2D eigenvalue weighted by atomic mass is 10.1. The van der Waals surface area contributed by atoms with Crippen molar-refractivity contribution in [3.63, 3.8) is 0 Å². The summed E-state index contributed by atoms with van der Waals surface area (Å²) in [4.78, 5) is 26.2. The normalized spacial score (nSPS) is 12.6. The van der Waals surface area contributed by atoms with Gasteiger partial charge in [-0.3, -0.25) is 4.79 Å². The maximum absolute atomic E-state index is 12.2. The molecule has 0 aliphatic heterocycles. The Morgan fingerprint density at radius 3 is 2.65 bits per heavy atom. The molecule has 1 aromatic heterocycles. The Morgan fingerprint density at radius 1 is 1.50 bits per heavy atom. The van der Waals surface area contributed by atoms with E-state index in [9.17, 15) is 22.8 Å². The minimum atomic E-state index is -4.71. The number of aliphatic carboxylic acids is 1. The number of hydrogen-bond donors (Lipinski definition) is 2. The lowest BCUT2D eigenvalue weighted by Gasteiger charge is -2.16. The molecule has 110 valence electrons. The van der Waals surface area contributed by atoms with E-state index >= 15 is 0 Å². The Balaban J connectivity index is 2.89. The Hall–Kier alpha value is -2.32. The standard InChI is InChI=1S/C11H11F3N2O4/c1-20-9-6(3-2-4-15-9)8(17)16-7(10(18)19)5-11(12,13)14/h2-4,7H,5H2,1H3,(H,16,17)(H,18,19). The number of nitrogens with one attached hydrogen (secondary N) is 1. The second-order valence-electron chi connectivity index (χ2n) is 3.74. The van der Waals surface area contributed by atoms with Crippen molar-refractivity contribution < 1.29 is 32.6 Å². The molecule has 0 saturated carbocycles. The quantitative estimate of drug-likeness (QED) is 0.852. The number of alkyl halides is 3. The molecule has 0 aliphatic rings. The van der Waals surface area contributed by atoms with Crippen molar-refractivity contribution in [3.05, 3.63) is 23.9 Å². The third-order valence-electron chi connectivity index (χ3n) is 2.25. The molecule has 0 radical (unpaired) electrons. The Morgan fingerprint density at radius 2 is 2.15 bits per heavy atom. The van der Waals surface area contributed by atoms with Gasteiger partial charge in [-0.15, -0.1) is 0 Å². The van der Waals surface area contributed by atoms with Gasteiger partial charge in [-0.25, -0.2) is 9.78 Å². The zero-order valence-electron chi connectivity index (χ0n) is 10.3. The predicted octanol–water partition coefficient (Wildman–Crippen LogP) is 1.23. The molecule has 1 atom stereocenters. The summed E-state index contributed by atoms with van der Waals surface area (Å²) in [5, 5.41) is 10.5. The molecule has 0 saturated heterocycles. The Bertz CT molecular complexity index is 505. The van der Waals surface area contributed by atoms with E-state index < -0.39 is 30.5 Å². The van der Waals surface area contributed by atoms with Gasteiger partial charge in [0.25, 0.3) is 5.91 Å². The van der Waals surface area contributed by atoms with Crippen molar-refractivity contribution in [2.24, 2.45) is 0 Å². The third kappa shape index (κ3) is 4.41. The molecule has 1 amide bonds. The van der Waals surface area contributed by atoms with Crippen LogP contribution in [0.2, 0.25) is 0 Å². The van der Waals surface area contributed by atoms with Gasteiger partial charge >= 0.3 is 12.1 Å². The molecule has 0 bridgehead atoms. The number of carboxylic acid groups (broad SMARTS) is 1. The van der Waals surface area contributed by atoms with Gasteiger partial charge in [-0.1, -0.05) is 0 Å². The molecule has 1 unspecified atom stereocenters. The van der Waals surface area contributed by atoms with Crippen LogP contribution in [0.1, 0.15) is 16.8 Å². The van der Waals surface area contributed by atoms with Crippen LogP contribution in [0.5, 0.6) is 5.88 Å². The summed E-state index contributed by atoms with van der Waals surface area (Å²) in [6.07, 6.45) is -5.06. The number of hydrogen-bond acceptors (Lipinski definition) is 4. The highest BCUT2D eigenvalue weighted by Crippen LogP contribution is 2.22. The molecule has 0 fully saturated rings. The number of halogens is 3. The first-order chi connectivity index (χ1) is 9.24. The highest BCUT2D eigenvalue weighted by atomic mass is 19.4. The Kier molecular flexibility index (Phi) is 4.89. The monoisotopic (exact) mass is 292 g/mol. The summed E-state index contributed by atoms with van der Waals surface area (Å²) in [6, 6.07) is 0.553. The van der Waals surface area contributed by atoms with Crippen molar-refractivity contribution in [1.82, 2.24) is 10.3 Å². The highest BCUT2D eigenvalue weighted by Gasteiger charge is 2.36. The molecular weight excluding hydrogens is 281 g/mol. The first-order valence-corrected chi connectivity index (χ1v) is 5.34. The third-order valence-corrected chi connectivity index (χ3v) is 2.25. The molecule has 0 aliphatic carbocycles. The van der Waals surface area contributed by atoms with Gasteiger partial charge in [0.2, 0.25) is 5.88 Å². The van der Waals surface area contributed by atoms with Gasteiger partial charge in [-0.05, 0) is 12.1 Å². The maximum Gasteiger partial charge on any atom is 0.391 e. The van der Waals surface area contributed by atoms with Crippen molar-refractivity contribution in [1.29, 1.82) is 0 Å². The van der Waals surface area contributed by atoms with E-state index in [4.69, 9.17) is 9.84 Å². The molecule has 1 heterocycles. The van der Waals surface area contributed by atoms with E-state index in [0.717, 1.165) is 0 Å². The zero-order chi connectivity index (χ0) is 15.3. The van der Waals surface area contributed by atoms with Crippen molar-refractivity contribution >= 4 is 11.9 Å². The second-order valence-corrected chi connectivity index (χ2v) is 3.74. The first-order valence-electron chi connectivity index (χ1n) is 5.34.